The zero-order chi connectivity index (χ0) is 8.97. The fourth-order valence-corrected chi connectivity index (χ4v) is 1.49. The Morgan fingerprint density at radius 1 is 1.67 bits per heavy atom. The normalized spacial score (nSPS) is 26.6. The molecule has 12 heavy (non-hydrogen) atoms. The smallest absolute Gasteiger partial charge is 0.306 e. The molecule has 70 valence electrons. The molecule has 0 bridgehead atoms. The Bertz CT molecular complexity index is 150. The van der Waals surface area contributed by atoms with Crippen molar-refractivity contribution in [3.05, 3.63) is 0 Å². The molecule has 2 atom stereocenters. The van der Waals surface area contributed by atoms with E-state index in [1.54, 1.807) is 6.92 Å². The standard InChI is InChI=1S/C9H16O3/c1-7(9(10)11)6-8-4-2-3-5-12-8/h7-8H,2-6H2,1H3,(H,10,11)/t7-,8?/m1/s1. The quantitative estimate of drug-likeness (QED) is 0.704. The fourth-order valence-electron chi connectivity index (χ4n) is 1.49. The zero-order valence-corrected chi connectivity index (χ0v) is 7.45. The van der Waals surface area contributed by atoms with E-state index in [-0.39, 0.29) is 12.0 Å². The number of aliphatic carboxylic acids is 1. The van der Waals surface area contributed by atoms with E-state index in [4.69, 9.17) is 9.84 Å². The molecule has 0 aromatic carbocycles. The van der Waals surface area contributed by atoms with Crippen molar-refractivity contribution in [2.75, 3.05) is 6.61 Å². The van der Waals surface area contributed by atoms with Crippen LogP contribution in [0.5, 0.6) is 0 Å². The van der Waals surface area contributed by atoms with Gasteiger partial charge in [0.25, 0.3) is 0 Å². The number of rotatable bonds is 3. The zero-order valence-electron chi connectivity index (χ0n) is 7.45. The Labute approximate surface area is 72.7 Å². The summed E-state index contributed by atoms with van der Waals surface area (Å²) in [5, 5.41) is 8.66. The molecule has 0 aromatic rings. The third kappa shape index (κ3) is 2.81. The molecule has 0 radical (unpaired) electrons. The van der Waals surface area contributed by atoms with Crippen molar-refractivity contribution in [1.29, 1.82) is 0 Å². The topological polar surface area (TPSA) is 46.5 Å². The molecule has 1 rings (SSSR count). The van der Waals surface area contributed by atoms with E-state index in [0.29, 0.717) is 6.42 Å². The Morgan fingerprint density at radius 3 is 2.92 bits per heavy atom. The Balaban J connectivity index is 2.24. The van der Waals surface area contributed by atoms with Crippen molar-refractivity contribution in [2.24, 2.45) is 5.92 Å². The molecule has 0 saturated carbocycles. The predicted octanol–water partition coefficient (Wildman–Crippen LogP) is 1.67. The van der Waals surface area contributed by atoms with Gasteiger partial charge in [-0.05, 0) is 25.7 Å². The molecular formula is C9H16O3. The largest absolute Gasteiger partial charge is 0.481 e. The lowest BCUT2D eigenvalue weighted by Crippen LogP contribution is -2.24. The maximum absolute atomic E-state index is 10.5. The Hall–Kier alpha value is -0.570. The highest BCUT2D eigenvalue weighted by Crippen LogP contribution is 2.19. The van der Waals surface area contributed by atoms with Gasteiger partial charge in [-0.1, -0.05) is 6.92 Å². The average molecular weight is 172 g/mol. The first kappa shape index (κ1) is 9.52. The van der Waals surface area contributed by atoms with E-state index in [0.717, 1.165) is 19.4 Å². The molecule has 1 N–H and O–H groups in total. The maximum Gasteiger partial charge on any atom is 0.306 e. The number of hydrogen-bond acceptors (Lipinski definition) is 2. The van der Waals surface area contributed by atoms with Crippen LogP contribution in [-0.2, 0) is 9.53 Å². The highest BCUT2D eigenvalue weighted by molar-refractivity contribution is 5.69. The summed E-state index contributed by atoms with van der Waals surface area (Å²) in [4.78, 5) is 10.5. The molecule has 0 aromatic heterocycles. The SMILES string of the molecule is C[C@H](CC1CCCCO1)C(=O)O. The van der Waals surface area contributed by atoms with Crippen molar-refractivity contribution in [2.45, 2.75) is 38.7 Å². The Kier molecular flexibility index (Phi) is 3.53. The van der Waals surface area contributed by atoms with E-state index in [9.17, 15) is 4.79 Å². The second-order valence-corrected chi connectivity index (χ2v) is 3.46. The lowest BCUT2D eigenvalue weighted by molar-refractivity contribution is -0.142. The van der Waals surface area contributed by atoms with Crippen LogP contribution in [0.3, 0.4) is 0 Å². The number of carboxylic acid groups (broad SMARTS) is 1. The molecule has 1 saturated heterocycles. The molecular weight excluding hydrogens is 156 g/mol. The van der Waals surface area contributed by atoms with Crippen LogP contribution in [0, 0.1) is 5.92 Å². The third-order valence-electron chi connectivity index (χ3n) is 2.31. The summed E-state index contributed by atoms with van der Waals surface area (Å²) >= 11 is 0. The van der Waals surface area contributed by atoms with Gasteiger partial charge >= 0.3 is 5.97 Å². The van der Waals surface area contributed by atoms with Gasteiger partial charge in [0.15, 0.2) is 0 Å². The van der Waals surface area contributed by atoms with E-state index in [1.165, 1.54) is 6.42 Å². The molecule has 0 amide bonds. The highest BCUT2D eigenvalue weighted by Gasteiger charge is 2.20. The molecule has 0 aliphatic carbocycles. The summed E-state index contributed by atoms with van der Waals surface area (Å²) in [6, 6.07) is 0. The highest BCUT2D eigenvalue weighted by atomic mass is 16.5. The molecule has 0 spiro atoms. The lowest BCUT2D eigenvalue weighted by Gasteiger charge is -2.23. The van der Waals surface area contributed by atoms with Crippen LogP contribution in [0.2, 0.25) is 0 Å². The monoisotopic (exact) mass is 172 g/mol. The minimum atomic E-state index is -0.718. The number of hydrogen-bond donors (Lipinski definition) is 1. The van der Waals surface area contributed by atoms with Gasteiger partial charge in [0.05, 0.1) is 12.0 Å². The van der Waals surface area contributed by atoms with Gasteiger partial charge < -0.3 is 9.84 Å². The minimum absolute atomic E-state index is 0.185. The van der Waals surface area contributed by atoms with Crippen molar-refractivity contribution < 1.29 is 14.6 Å². The number of carbonyl (C=O) groups is 1. The summed E-state index contributed by atoms with van der Waals surface area (Å²) in [6.45, 7) is 2.54. The van der Waals surface area contributed by atoms with Gasteiger partial charge in [0, 0.05) is 6.61 Å². The third-order valence-corrected chi connectivity index (χ3v) is 2.31. The summed E-state index contributed by atoms with van der Waals surface area (Å²) in [7, 11) is 0. The first-order valence-electron chi connectivity index (χ1n) is 4.54. The fraction of sp³-hybridized carbons (Fsp3) is 0.889. The van der Waals surface area contributed by atoms with E-state index in [1.807, 2.05) is 0 Å². The number of ether oxygens (including phenoxy) is 1. The maximum atomic E-state index is 10.5. The summed E-state index contributed by atoms with van der Waals surface area (Å²) < 4.78 is 5.44. The summed E-state index contributed by atoms with van der Waals surface area (Å²) in [5.41, 5.74) is 0. The van der Waals surface area contributed by atoms with Gasteiger partial charge in [-0.2, -0.15) is 0 Å². The second kappa shape index (κ2) is 4.45. The number of carboxylic acids is 1. The Morgan fingerprint density at radius 2 is 2.42 bits per heavy atom. The van der Waals surface area contributed by atoms with Crippen molar-refractivity contribution in [1.82, 2.24) is 0 Å². The van der Waals surface area contributed by atoms with Crippen molar-refractivity contribution in [3.8, 4) is 0 Å². The van der Waals surface area contributed by atoms with E-state index in [2.05, 4.69) is 0 Å². The molecule has 1 unspecified atom stereocenters. The van der Waals surface area contributed by atoms with Gasteiger partial charge in [0.2, 0.25) is 0 Å². The molecule has 1 aliphatic heterocycles. The summed E-state index contributed by atoms with van der Waals surface area (Å²) in [5.74, 6) is -0.989. The van der Waals surface area contributed by atoms with Crippen LogP contribution in [0.25, 0.3) is 0 Å². The van der Waals surface area contributed by atoms with Gasteiger partial charge in [0.1, 0.15) is 0 Å². The van der Waals surface area contributed by atoms with Crippen molar-refractivity contribution >= 4 is 5.97 Å². The van der Waals surface area contributed by atoms with Crippen molar-refractivity contribution in [3.63, 3.8) is 0 Å². The van der Waals surface area contributed by atoms with Crippen LogP contribution < -0.4 is 0 Å². The molecule has 3 heteroatoms. The van der Waals surface area contributed by atoms with E-state index < -0.39 is 5.97 Å². The van der Waals surface area contributed by atoms with Gasteiger partial charge in [-0.3, -0.25) is 4.79 Å². The van der Waals surface area contributed by atoms with Crippen LogP contribution in [0.4, 0.5) is 0 Å². The minimum Gasteiger partial charge on any atom is -0.481 e. The summed E-state index contributed by atoms with van der Waals surface area (Å²) in [6.07, 6.45) is 4.17. The predicted molar refractivity (Wildman–Crippen MR) is 45.0 cm³/mol. The average Bonchev–Trinajstić information content (AvgIpc) is 2.06. The second-order valence-electron chi connectivity index (χ2n) is 3.46. The first-order valence-corrected chi connectivity index (χ1v) is 4.54. The first-order chi connectivity index (χ1) is 5.70. The molecule has 1 fully saturated rings. The van der Waals surface area contributed by atoms with Crippen LogP contribution in [-0.4, -0.2) is 23.8 Å². The van der Waals surface area contributed by atoms with Crippen LogP contribution in [0.15, 0.2) is 0 Å². The molecule has 1 aliphatic rings. The molecule has 3 nitrogen and oxygen atoms in total. The van der Waals surface area contributed by atoms with Gasteiger partial charge in [-0.15, -0.1) is 0 Å². The van der Waals surface area contributed by atoms with Crippen LogP contribution in [0.1, 0.15) is 32.6 Å². The van der Waals surface area contributed by atoms with E-state index >= 15 is 0 Å². The molecule has 1 heterocycles. The van der Waals surface area contributed by atoms with Gasteiger partial charge in [-0.25, -0.2) is 0 Å². The lowest BCUT2D eigenvalue weighted by atomic mass is 9.98. The van der Waals surface area contributed by atoms with Crippen LogP contribution >= 0.6 is 0 Å².